The Labute approximate surface area is 90.9 Å². The Kier molecular flexibility index (Phi) is 3.38. The Bertz CT molecular complexity index is 310. The molecule has 0 N–H and O–H groups in total. The van der Waals surface area contributed by atoms with E-state index >= 15 is 0 Å². The summed E-state index contributed by atoms with van der Waals surface area (Å²) in [6, 6.07) is 10.6. The molecule has 0 aromatic heterocycles. The molecule has 1 saturated heterocycles. The van der Waals surface area contributed by atoms with Gasteiger partial charge in [-0.15, -0.1) is 0 Å². The van der Waals surface area contributed by atoms with Crippen LogP contribution in [0.3, 0.4) is 0 Å². The van der Waals surface area contributed by atoms with Crippen molar-refractivity contribution in [1.82, 2.24) is 4.90 Å². The summed E-state index contributed by atoms with van der Waals surface area (Å²) in [4.78, 5) is 13.0. The molecule has 1 amide bonds. The largest absolute Gasteiger partial charge is 0.338 e. The zero-order valence-corrected chi connectivity index (χ0v) is 8.93. The van der Waals surface area contributed by atoms with Crippen LogP contribution in [0.15, 0.2) is 30.3 Å². The molecule has 0 unspecified atom stereocenters. The number of rotatable bonds is 2. The summed E-state index contributed by atoms with van der Waals surface area (Å²) in [7, 11) is 0. The number of carbonyl (C=O) groups excluding carboxylic acids is 1. The van der Waals surface area contributed by atoms with E-state index in [1.54, 1.807) is 0 Å². The van der Waals surface area contributed by atoms with E-state index in [2.05, 4.69) is 12.1 Å². The highest BCUT2D eigenvalue weighted by atomic mass is 16.1. The molecule has 80 valence electrons. The minimum absolute atomic E-state index is 0.297. The van der Waals surface area contributed by atoms with Gasteiger partial charge in [0, 0.05) is 6.54 Å². The van der Waals surface area contributed by atoms with Crippen molar-refractivity contribution in [2.45, 2.75) is 31.7 Å². The molecule has 1 fully saturated rings. The molecule has 2 rings (SSSR count). The molecule has 2 heteroatoms. The van der Waals surface area contributed by atoms with Gasteiger partial charge in [0.2, 0.25) is 6.41 Å². The lowest BCUT2D eigenvalue weighted by Crippen LogP contribution is -2.26. The van der Waals surface area contributed by atoms with E-state index in [-0.39, 0.29) is 0 Å². The van der Waals surface area contributed by atoms with Gasteiger partial charge in [0.15, 0.2) is 0 Å². The number of hydrogen-bond donors (Lipinski definition) is 0. The number of hydrogen-bond acceptors (Lipinski definition) is 1. The number of amides is 1. The zero-order valence-electron chi connectivity index (χ0n) is 8.93. The van der Waals surface area contributed by atoms with Gasteiger partial charge in [-0.05, 0) is 18.4 Å². The van der Waals surface area contributed by atoms with E-state index in [1.165, 1.54) is 18.4 Å². The molecule has 0 bridgehead atoms. The first-order chi connectivity index (χ1) is 7.42. The van der Waals surface area contributed by atoms with Crippen LogP contribution in [0.2, 0.25) is 0 Å². The van der Waals surface area contributed by atoms with Crippen LogP contribution in [0, 0.1) is 0 Å². The van der Waals surface area contributed by atoms with Gasteiger partial charge in [-0.25, -0.2) is 0 Å². The summed E-state index contributed by atoms with van der Waals surface area (Å²) in [5.41, 5.74) is 1.27. The van der Waals surface area contributed by atoms with Crippen molar-refractivity contribution < 1.29 is 4.79 Å². The van der Waals surface area contributed by atoms with E-state index in [4.69, 9.17) is 0 Å². The fourth-order valence-corrected chi connectivity index (χ4v) is 2.29. The van der Waals surface area contributed by atoms with Gasteiger partial charge < -0.3 is 4.90 Å². The van der Waals surface area contributed by atoms with Crippen LogP contribution in [0.1, 0.15) is 37.3 Å². The standard InChI is InChI=1S/C13H17NO/c15-11-14-10-6-2-5-9-13(14)12-7-3-1-4-8-12/h1,3-4,7-8,11,13H,2,5-6,9-10H2/t13-/m0/s1. The van der Waals surface area contributed by atoms with E-state index in [0.717, 1.165) is 25.8 Å². The number of likely N-dealkylation sites (tertiary alicyclic amines) is 1. The van der Waals surface area contributed by atoms with Gasteiger partial charge in [0.25, 0.3) is 0 Å². The first kappa shape index (κ1) is 10.2. The molecule has 2 nitrogen and oxygen atoms in total. The summed E-state index contributed by atoms with van der Waals surface area (Å²) >= 11 is 0. The average Bonchev–Trinajstić information content (AvgIpc) is 2.55. The smallest absolute Gasteiger partial charge is 0.210 e. The maximum atomic E-state index is 11.0. The Morgan fingerprint density at radius 1 is 1.13 bits per heavy atom. The van der Waals surface area contributed by atoms with Crippen molar-refractivity contribution in [3.8, 4) is 0 Å². The highest BCUT2D eigenvalue weighted by molar-refractivity contribution is 5.49. The first-order valence-corrected chi connectivity index (χ1v) is 5.68. The Hall–Kier alpha value is -1.31. The van der Waals surface area contributed by atoms with E-state index in [1.807, 2.05) is 23.1 Å². The van der Waals surface area contributed by atoms with E-state index in [9.17, 15) is 4.79 Å². The molecule has 1 aromatic rings. The normalized spacial score (nSPS) is 22.1. The Morgan fingerprint density at radius 2 is 1.93 bits per heavy atom. The Morgan fingerprint density at radius 3 is 2.67 bits per heavy atom. The number of nitrogens with zero attached hydrogens (tertiary/aromatic N) is 1. The molecule has 0 saturated carbocycles. The van der Waals surface area contributed by atoms with E-state index in [0.29, 0.717) is 6.04 Å². The summed E-state index contributed by atoms with van der Waals surface area (Å²) in [5, 5.41) is 0. The maximum Gasteiger partial charge on any atom is 0.210 e. The third kappa shape index (κ3) is 2.38. The van der Waals surface area contributed by atoms with Gasteiger partial charge in [-0.3, -0.25) is 4.79 Å². The van der Waals surface area contributed by atoms with E-state index < -0.39 is 0 Å². The van der Waals surface area contributed by atoms with Gasteiger partial charge in [-0.1, -0.05) is 43.2 Å². The van der Waals surface area contributed by atoms with Crippen LogP contribution < -0.4 is 0 Å². The SMILES string of the molecule is O=CN1CCCCC[C@H]1c1ccccc1. The van der Waals surface area contributed by atoms with Crippen LogP contribution in [0.25, 0.3) is 0 Å². The van der Waals surface area contributed by atoms with Crippen molar-refractivity contribution in [2.75, 3.05) is 6.54 Å². The summed E-state index contributed by atoms with van der Waals surface area (Å²) in [6.07, 6.45) is 5.71. The molecule has 1 aliphatic heterocycles. The van der Waals surface area contributed by atoms with Crippen molar-refractivity contribution in [1.29, 1.82) is 0 Å². The third-order valence-electron chi connectivity index (χ3n) is 3.11. The van der Waals surface area contributed by atoms with Crippen LogP contribution in [-0.4, -0.2) is 17.9 Å². The van der Waals surface area contributed by atoms with Crippen LogP contribution in [0.5, 0.6) is 0 Å². The molecule has 1 aromatic carbocycles. The molecule has 0 spiro atoms. The molecule has 1 heterocycles. The summed E-state index contributed by atoms with van der Waals surface area (Å²) in [5.74, 6) is 0. The highest BCUT2D eigenvalue weighted by Crippen LogP contribution is 2.28. The quantitative estimate of drug-likeness (QED) is 0.677. The molecular formula is C13H17NO. The van der Waals surface area contributed by atoms with Crippen molar-refractivity contribution in [3.05, 3.63) is 35.9 Å². The second kappa shape index (κ2) is 4.96. The van der Waals surface area contributed by atoms with Crippen LogP contribution in [0.4, 0.5) is 0 Å². The van der Waals surface area contributed by atoms with Gasteiger partial charge >= 0.3 is 0 Å². The predicted molar refractivity (Wildman–Crippen MR) is 60.4 cm³/mol. The third-order valence-corrected chi connectivity index (χ3v) is 3.11. The molecule has 0 radical (unpaired) electrons. The number of benzene rings is 1. The predicted octanol–water partition coefficient (Wildman–Crippen LogP) is 2.76. The monoisotopic (exact) mass is 203 g/mol. The fraction of sp³-hybridized carbons (Fsp3) is 0.462. The van der Waals surface area contributed by atoms with Crippen LogP contribution >= 0.6 is 0 Å². The molecule has 15 heavy (non-hydrogen) atoms. The van der Waals surface area contributed by atoms with Gasteiger partial charge in [-0.2, -0.15) is 0 Å². The molecular weight excluding hydrogens is 186 g/mol. The molecule has 0 aliphatic carbocycles. The van der Waals surface area contributed by atoms with Crippen molar-refractivity contribution in [3.63, 3.8) is 0 Å². The second-order valence-corrected chi connectivity index (χ2v) is 4.12. The lowest BCUT2D eigenvalue weighted by molar-refractivity contribution is -0.120. The second-order valence-electron chi connectivity index (χ2n) is 4.12. The number of carbonyl (C=O) groups is 1. The summed E-state index contributed by atoms with van der Waals surface area (Å²) in [6.45, 7) is 0.906. The minimum Gasteiger partial charge on any atom is -0.338 e. The lowest BCUT2D eigenvalue weighted by Gasteiger charge is -2.26. The fourth-order valence-electron chi connectivity index (χ4n) is 2.29. The van der Waals surface area contributed by atoms with Gasteiger partial charge in [0.05, 0.1) is 6.04 Å². The lowest BCUT2D eigenvalue weighted by atomic mass is 10.0. The van der Waals surface area contributed by atoms with Gasteiger partial charge in [0.1, 0.15) is 0 Å². The molecule has 1 aliphatic rings. The highest BCUT2D eigenvalue weighted by Gasteiger charge is 2.20. The maximum absolute atomic E-state index is 11.0. The molecule has 1 atom stereocenters. The zero-order chi connectivity index (χ0) is 10.5. The topological polar surface area (TPSA) is 20.3 Å². The van der Waals surface area contributed by atoms with Crippen molar-refractivity contribution >= 4 is 6.41 Å². The van der Waals surface area contributed by atoms with Crippen LogP contribution in [-0.2, 0) is 4.79 Å². The average molecular weight is 203 g/mol. The summed E-state index contributed by atoms with van der Waals surface area (Å²) < 4.78 is 0. The minimum atomic E-state index is 0.297. The first-order valence-electron chi connectivity index (χ1n) is 5.68. The Balaban J connectivity index is 2.20. The van der Waals surface area contributed by atoms with Crippen molar-refractivity contribution in [2.24, 2.45) is 0 Å².